The molecule has 0 bridgehead atoms. The molecule has 2 heteroatoms. The largest absolute Gasteiger partial charge is 0.314 e. The average molecular weight is 247 g/mol. The summed E-state index contributed by atoms with van der Waals surface area (Å²) in [6.07, 6.45) is 5.19. The summed E-state index contributed by atoms with van der Waals surface area (Å²) >= 11 is 0. The molecule has 0 radical (unpaired) electrons. The molecule has 2 saturated carbocycles. The summed E-state index contributed by atoms with van der Waals surface area (Å²) in [5.74, 6) is 2.27. The highest BCUT2D eigenvalue weighted by Crippen LogP contribution is 2.39. The van der Waals surface area contributed by atoms with Gasteiger partial charge in [0.1, 0.15) is 5.82 Å². The number of benzene rings is 1. The lowest BCUT2D eigenvalue weighted by Crippen LogP contribution is -2.42. The van der Waals surface area contributed by atoms with E-state index in [9.17, 15) is 4.39 Å². The van der Waals surface area contributed by atoms with Crippen LogP contribution in [-0.4, -0.2) is 12.6 Å². The van der Waals surface area contributed by atoms with E-state index >= 15 is 0 Å². The van der Waals surface area contributed by atoms with Crippen molar-refractivity contribution in [2.45, 2.75) is 44.6 Å². The van der Waals surface area contributed by atoms with Crippen LogP contribution < -0.4 is 5.32 Å². The zero-order valence-electron chi connectivity index (χ0n) is 11.0. The zero-order valence-corrected chi connectivity index (χ0v) is 11.0. The van der Waals surface area contributed by atoms with E-state index in [2.05, 4.69) is 18.3 Å². The minimum absolute atomic E-state index is 0.105. The second-order valence-electron chi connectivity index (χ2n) is 6.14. The molecule has 1 N–H and O–H groups in total. The lowest BCUT2D eigenvalue weighted by molar-refractivity contribution is 0.273. The molecule has 18 heavy (non-hydrogen) atoms. The van der Waals surface area contributed by atoms with E-state index in [0.29, 0.717) is 12.0 Å². The molecule has 98 valence electrons. The van der Waals surface area contributed by atoms with Crippen LogP contribution in [-0.2, 0) is 0 Å². The van der Waals surface area contributed by atoms with Crippen LogP contribution >= 0.6 is 0 Å². The van der Waals surface area contributed by atoms with Crippen molar-refractivity contribution < 1.29 is 4.39 Å². The third kappa shape index (κ3) is 2.74. The topological polar surface area (TPSA) is 12.0 Å². The number of rotatable bonds is 5. The molecule has 1 unspecified atom stereocenters. The molecule has 1 aromatic carbocycles. The number of hydrogen-bond acceptors (Lipinski definition) is 1. The monoisotopic (exact) mass is 247 g/mol. The predicted octanol–water partition coefficient (Wildman–Crippen LogP) is 3.71. The molecular weight excluding hydrogens is 225 g/mol. The van der Waals surface area contributed by atoms with E-state index in [1.54, 1.807) is 6.07 Å². The van der Waals surface area contributed by atoms with Crippen LogP contribution in [0.3, 0.4) is 0 Å². The molecule has 2 aliphatic carbocycles. The van der Waals surface area contributed by atoms with E-state index in [4.69, 9.17) is 0 Å². The first kappa shape index (κ1) is 12.2. The summed E-state index contributed by atoms with van der Waals surface area (Å²) < 4.78 is 13.1. The van der Waals surface area contributed by atoms with Crippen LogP contribution in [0.5, 0.6) is 0 Å². The molecule has 0 heterocycles. The Morgan fingerprint density at radius 2 is 2.11 bits per heavy atom. The maximum absolute atomic E-state index is 13.1. The van der Waals surface area contributed by atoms with Crippen LogP contribution in [0.2, 0.25) is 0 Å². The molecule has 0 aromatic heterocycles. The Bertz CT molecular complexity index is 407. The number of hydrogen-bond donors (Lipinski definition) is 1. The smallest absolute Gasteiger partial charge is 0.123 e. The lowest BCUT2D eigenvalue weighted by Gasteiger charge is -2.37. The Kier molecular flexibility index (Phi) is 3.38. The third-order valence-electron chi connectivity index (χ3n) is 4.61. The first-order chi connectivity index (χ1) is 8.72. The fourth-order valence-corrected chi connectivity index (χ4v) is 3.00. The maximum Gasteiger partial charge on any atom is 0.123 e. The van der Waals surface area contributed by atoms with E-state index in [-0.39, 0.29) is 5.82 Å². The Morgan fingerprint density at radius 3 is 2.78 bits per heavy atom. The minimum Gasteiger partial charge on any atom is -0.314 e. The average Bonchev–Trinajstić information content (AvgIpc) is 3.10. The van der Waals surface area contributed by atoms with Gasteiger partial charge in [0, 0.05) is 6.04 Å². The van der Waals surface area contributed by atoms with Gasteiger partial charge < -0.3 is 5.32 Å². The van der Waals surface area contributed by atoms with Crippen LogP contribution in [0.15, 0.2) is 24.3 Å². The number of halogens is 1. The maximum atomic E-state index is 13.1. The first-order valence-corrected chi connectivity index (χ1v) is 7.21. The molecule has 3 rings (SSSR count). The van der Waals surface area contributed by atoms with Crippen molar-refractivity contribution in [3.8, 4) is 0 Å². The zero-order chi connectivity index (χ0) is 12.5. The Balaban J connectivity index is 1.42. The molecule has 0 amide bonds. The fourth-order valence-electron chi connectivity index (χ4n) is 3.00. The highest BCUT2D eigenvalue weighted by Gasteiger charge is 2.32. The van der Waals surface area contributed by atoms with E-state index in [0.717, 1.165) is 18.4 Å². The first-order valence-electron chi connectivity index (χ1n) is 7.21. The van der Waals surface area contributed by atoms with Crippen LogP contribution in [0.1, 0.15) is 44.1 Å². The molecule has 1 nitrogen and oxygen atoms in total. The van der Waals surface area contributed by atoms with Crippen molar-refractivity contribution in [3.63, 3.8) is 0 Å². The fraction of sp³-hybridized carbons (Fsp3) is 0.625. The van der Waals surface area contributed by atoms with Crippen molar-refractivity contribution in [1.82, 2.24) is 5.32 Å². The van der Waals surface area contributed by atoms with Crippen molar-refractivity contribution >= 4 is 0 Å². The molecule has 1 atom stereocenters. The van der Waals surface area contributed by atoms with Gasteiger partial charge >= 0.3 is 0 Å². The van der Waals surface area contributed by atoms with Gasteiger partial charge in [0.15, 0.2) is 0 Å². The summed E-state index contributed by atoms with van der Waals surface area (Å²) in [7, 11) is 0. The molecule has 0 spiro atoms. The van der Waals surface area contributed by atoms with Crippen molar-refractivity contribution in [3.05, 3.63) is 35.6 Å². The highest BCUT2D eigenvalue weighted by atomic mass is 19.1. The summed E-state index contributed by atoms with van der Waals surface area (Å²) in [5.41, 5.74) is 1.17. The van der Waals surface area contributed by atoms with Gasteiger partial charge in [0.05, 0.1) is 0 Å². The Labute approximate surface area is 109 Å². The number of nitrogens with one attached hydrogen (secondary N) is 1. The van der Waals surface area contributed by atoms with Gasteiger partial charge in [-0.25, -0.2) is 4.39 Å². The second kappa shape index (κ2) is 5.00. The Morgan fingerprint density at radius 1 is 1.33 bits per heavy atom. The molecule has 1 aromatic rings. The van der Waals surface area contributed by atoms with Gasteiger partial charge in [-0.3, -0.25) is 0 Å². The molecular formula is C16H22FN. The van der Waals surface area contributed by atoms with Gasteiger partial charge in [-0.05, 0) is 67.7 Å². The highest BCUT2D eigenvalue weighted by molar-refractivity contribution is 5.23. The quantitative estimate of drug-likeness (QED) is 0.836. The van der Waals surface area contributed by atoms with Crippen molar-refractivity contribution in [2.24, 2.45) is 11.8 Å². The third-order valence-corrected chi connectivity index (χ3v) is 4.61. The van der Waals surface area contributed by atoms with Gasteiger partial charge in [-0.2, -0.15) is 0 Å². The van der Waals surface area contributed by atoms with Crippen molar-refractivity contribution in [1.29, 1.82) is 0 Å². The van der Waals surface area contributed by atoms with E-state index in [1.165, 1.54) is 37.3 Å². The molecule has 0 saturated heterocycles. The van der Waals surface area contributed by atoms with E-state index < -0.39 is 0 Å². The van der Waals surface area contributed by atoms with Crippen molar-refractivity contribution in [2.75, 3.05) is 6.54 Å². The summed E-state index contributed by atoms with van der Waals surface area (Å²) in [6.45, 7) is 3.51. The normalized spacial score (nSPS) is 28.8. The van der Waals surface area contributed by atoms with Gasteiger partial charge in [-0.15, -0.1) is 0 Å². The van der Waals surface area contributed by atoms with Crippen LogP contribution in [0, 0.1) is 17.7 Å². The molecule has 0 aliphatic heterocycles. The molecule has 2 aliphatic rings. The summed E-state index contributed by atoms with van der Waals surface area (Å²) in [4.78, 5) is 0. The van der Waals surface area contributed by atoms with Crippen LogP contribution in [0.4, 0.5) is 4.39 Å². The predicted molar refractivity (Wildman–Crippen MR) is 72.1 cm³/mol. The summed E-state index contributed by atoms with van der Waals surface area (Å²) in [5, 5.41) is 3.66. The van der Waals surface area contributed by atoms with Gasteiger partial charge in [0.25, 0.3) is 0 Å². The summed E-state index contributed by atoms with van der Waals surface area (Å²) in [6, 6.07) is 7.74. The standard InChI is InChI=1S/C16H22FN/c1-11(12-5-6-12)10-18-16-8-14(9-16)13-3-2-4-15(17)7-13/h2-4,7,11-12,14,16,18H,5-6,8-10H2,1H3. The van der Waals surface area contributed by atoms with Gasteiger partial charge in [0.2, 0.25) is 0 Å². The van der Waals surface area contributed by atoms with E-state index in [1.807, 2.05) is 6.07 Å². The minimum atomic E-state index is -0.105. The van der Waals surface area contributed by atoms with Gasteiger partial charge in [-0.1, -0.05) is 19.1 Å². The van der Waals surface area contributed by atoms with Crippen LogP contribution in [0.25, 0.3) is 0 Å². The SMILES string of the molecule is CC(CNC1CC(c2cccc(F)c2)C1)C1CC1. The second-order valence-corrected chi connectivity index (χ2v) is 6.14. The lowest BCUT2D eigenvalue weighted by atomic mass is 9.75. The molecule has 2 fully saturated rings. The Hall–Kier alpha value is -0.890.